The van der Waals surface area contributed by atoms with Gasteiger partial charge in [-0.2, -0.15) is 0 Å². The summed E-state index contributed by atoms with van der Waals surface area (Å²) in [7, 11) is 0. The lowest BCUT2D eigenvalue weighted by atomic mass is 9.96. The number of nitrogens with two attached hydrogens (primary N) is 1. The number of carbonyl (C=O) groups is 5. The van der Waals surface area contributed by atoms with E-state index in [1.807, 2.05) is 37.3 Å². The van der Waals surface area contributed by atoms with Crippen LogP contribution < -0.4 is 21.7 Å². The second kappa shape index (κ2) is 15.5. The Kier molecular flexibility index (Phi) is 11.8. The van der Waals surface area contributed by atoms with E-state index < -0.39 is 66.2 Å². The number of carboxylic acid groups (broad SMARTS) is 2. The minimum atomic E-state index is -1.29. The van der Waals surface area contributed by atoms with Crippen LogP contribution in [0.4, 0.5) is 0 Å². The molecule has 5 unspecified atom stereocenters. The van der Waals surface area contributed by atoms with Crippen molar-refractivity contribution < 1.29 is 34.2 Å². The van der Waals surface area contributed by atoms with E-state index in [0.29, 0.717) is 12.0 Å². The quantitative estimate of drug-likeness (QED) is 0.130. The van der Waals surface area contributed by atoms with Crippen LogP contribution in [0.5, 0.6) is 0 Å². The maximum atomic E-state index is 13.4. The van der Waals surface area contributed by atoms with Gasteiger partial charge in [0.15, 0.2) is 0 Å². The number of aromatic amines is 1. The molecule has 43 heavy (non-hydrogen) atoms. The minimum absolute atomic E-state index is 0.00283. The fourth-order valence-corrected chi connectivity index (χ4v) is 4.71. The normalized spacial score (nSPS) is 14.6. The molecule has 0 saturated carbocycles. The van der Waals surface area contributed by atoms with Crippen molar-refractivity contribution in [2.24, 2.45) is 11.7 Å². The molecule has 0 radical (unpaired) electrons. The maximum absolute atomic E-state index is 13.4. The fraction of sp³-hybridized carbons (Fsp3) is 0.387. The van der Waals surface area contributed by atoms with Crippen LogP contribution in [-0.2, 0) is 36.8 Å². The van der Waals surface area contributed by atoms with Crippen molar-refractivity contribution in [3.63, 3.8) is 0 Å². The molecule has 8 N–H and O–H groups in total. The van der Waals surface area contributed by atoms with Gasteiger partial charge < -0.3 is 36.9 Å². The predicted molar refractivity (Wildman–Crippen MR) is 160 cm³/mol. The van der Waals surface area contributed by atoms with Crippen molar-refractivity contribution >= 4 is 40.6 Å². The van der Waals surface area contributed by atoms with Crippen LogP contribution in [0.1, 0.15) is 44.2 Å². The smallest absolute Gasteiger partial charge is 0.326 e. The van der Waals surface area contributed by atoms with E-state index in [-0.39, 0.29) is 19.3 Å². The number of amides is 3. The number of fused-ring (bicyclic) bond motifs is 1. The standard InChI is InChI=1S/C31H39N5O7/c1-3-18(2)27(30(41)35-25(31(42)43)16-20-17-33-23-12-8-7-11-21(20)23)36-29(40)24(13-14-26(37)38)34-28(39)22(32)15-19-9-5-4-6-10-19/h4-12,17-18,22,24-25,27,33H,3,13-16,32H2,1-2H3,(H,34,39)(H,35,41)(H,36,40)(H,37,38)(H,42,43). The topological polar surface area (TPSA) is 204 Å². The van der Waals surface area contributed by atoms with Crippen LogP contribution in [-0.4, -0.2) is 69.0 Å². The Bertz CT molecular complexity index is 1420. The lowest BCUT2D eigenvalue weighted by molar-refractivity contribution is -0.142. The number of rotatable bonds is 16. The molecule has 1 heterocycles. The molecule has 3 rings (SSSR count). The molecule has 0 aliphatic rings. The molecule has 0 aliphatic heterocycles. The number of H-pyrrole nitrogens is 1. The van der Waals surface area contributed by atoms with E-state index in [1.165, 1.54) is 0 Å². The van der Waals surface area contributed by atoms with E-state index in [2.05, 4.69) is 20.9 Å². The van der Waals surface area contributed by atoms with Gasteiger partial charge in [-0.15, -0.1) is 0 Å². The fourth-order valence-electron chi connectivity index (χ4n) is 4.71. The summed E-state index contributed by atoms with van der Waals surface area (Å²) >= 11 is 0. The van der Waals surface area contributed by atoms with E-state index >= 15 is 0 Å². The largest absolute Gasteiger partial charge is 0.481 e. The van der Waals surface area contributed by atoms with Gasteiger partial charge in [0.25, 0.3) is 0 Å². The first-order valence-electron chi connectivity index (χ1n) is 14.2. The van der Waals surface area contributed by atoms with Gasteiger partial charge in [0, 0.05) is 29.9 Å². The molecule has 5 atom stereocenters. The highest BCUT2D eigenvalue weighted by molar-refractivity contribution is 5.94. The molecule has 1 aromatic heterocycles. The molecule has 3 aromatic rings. The lowest BCUT2D eigenvalue weighted by Gasteiger charge is -2.28. The molecular formula is C31H39N5O7. The Morgan fingerprint density at radius 2 is 1.49 bits per heavy atom. The SMILES string of the molecule is CCC(C)C(NC(=O)C(CCC(=O)O)NC(=O)C(N)Cc1ccccc1)C(=O)NC(Cc1c[nH]c2ccccc12)C(=O)O. The highest BCUT2D eigenvalue weighted by Crippen LogP contribution is 2.19. The summed E-state index contributed by atoms with van der Waals surface area (Å²) in [6, 6.07) is 11.7. The molecule has 0 aliphatic carbocycles. The summed E-state index contributed by atoms with van der Waals surface area (Å²) in [6.45, 7) is 3.53. The molecule has 12 heteroatoms. The van der Waals surface area contributed by atoms with Crippen molar-refractivity contribution in [1.29, 1.82) is 0 Å². The maximum Gasteiger partial charge on any atom is 0.326 e. The number of nitrogens with one attached hydrogen (secondary N) is 4. The summed E-state index contributed by atoms with van der Waals surface area (Å²) in [5.74, 6) is -4.96. The zero-order valence-corrected chi connectivity index (χ0v) is 24.2. The highest BCUT2D eigenvalue weighted by atomic mass is 16.4. The monoisotopic (exact) mass is 593 g/mol. The Morgan fingerprint density at radius 3 is 2.14 bits per heavy atom. The first-order chi connectivity index (χ1) is 20.5. The first kappa shape index (κ1) is 32.8. The number of hydrogen-bond acceptors (Lipinski definition) is 6. The summed E-state index contributed by atoms with van der Waals surface area (Å²) in [4.78, 5) is 66.1. The summed E-state index contributed by atoms with van der Waals surface area (Å²) in [5, 5.41) is 27.6. The van der Waals surface area contributed by atoms with Gasteiger partial charge in [-0.3, -0.25) is 19.2 Å². The van der Waals surface area contributed by atoms with Gasteiger partial charge in [0.05, 0.1) is 6.04 Å². The van der Waals surface area contributed by atoms with Gasteiger partial charge in [-0.1, -0.05) is 68.8 Å². The summed E-state index contributed by atoms with van der Waals surface area (Å²) in [6.07, 6.45) is 1.70. The van der Waals surface area contributed by atoms with Crippen molar-refractivity contribution in [2.45, 2.75) is 70.1 Å². The van der Waals surface area contributed by atoms with Crippen LogP contribution >= 0.6 is 0 Å². The molecule has 230 valence electrons. The number of para-hydroxylation sites is 1. The van der Waals surface area contributed by atoms with Gasteiger partial charge >= 0.3 is 11.9 Å². The van der Waals surface area contributed by atoms with Crippen LogP contribution in [0, 0.1) is 5.92 Å². The van der Waals surface area contributed by atoms with Crippen LogP contribution in [0.3, 0.4) is 0 Å². The third-order valence-electron chi connectivity index (χ3n) is 7.42. The zero-order chi connectivity index (χ0) is 31.5. The number of aliphatic carboxylic acids is 2. The number of hydrogen-bond donors (Lipinski definition) is 7. The average molecular weight is 594 g/mol. The summed E-state index contributed by atoms with van der Waals surface area (Å²) < 4.78 is 0. The molecule has 0 bridgehead atoms. The van der Waals surface area contributed by atoms with Crippen molar-refractivity contribution in [2.75, 3.05) is 0 Å². The van der Waals surface area contributed by atoms with Crippen LogP contribution in [0.2, 0.25) is 0 Å². The van der Waals surface area contributed by atoms with E-state index in [4.69, 9.17) is 5.73 Å². The Hall–Kier alpha value is -4.71. The van der Waals surface area contributed by atoms with E-state index in [9.17, 15) is 34.2 Å². The molecule has 0 fully saturated rings. The average Bonchev–Trinajstić information content (AvgIpc) is 3.39. The first-order valence-corrected chi connectivity index (χ1v) is 14.2. The number of carboxylic acids is 2. The number of aromatic nitrogens is 1. The van der Waals surface area contributed by atoms with Gasteiger partial charge in [0.2, 0.25) is 17.7 Å². The molecular weight excluding hydrogens is 554 g/mol. The second-order valence-electron chi connectivity index (χ2n) is 10.6. The predicted octanol–water partition coefficient (Wildman–Crippen LogP) is 1.73. The van der Waals surface area contributed by atoms with Crippen LogP contribution in [0.15, 0.2) is 60.8 Å². The Balaban J connectivity index is 1.73. The van der Waals surface area contributed by atoms with Gasteiger partial charge in [-0.05, 0) is 36.0 Å². The van der Waals surface area contributed by atoms with E-state index in [1.54, 1.807) is 37.4 Å². The molecule has 2 aromatic carbocycles. The van der Waals surface area contributed by atoms with E-state index in [0.717, 1.165) is 16.5 Å². The Labute approximate surface area is 249 Å². The molecule has 12 nitrogen and oxygen atoms in total. The molecule has 0 spiro atoms. The highest BCUT2D eigenvalue weighted by Gasteiger charge is 2.33. The second-order valence-corrected chi connectivity index (χ2v) is 10.6. The third kappa shape index (κ3) is 9.40. The third-order valence-corrected chi connectivity index (χ3v) is 7.42. The zero-order valence-electron chi connectivity index (χ0n) is 24.2. The molecule has 0 saturated heterocycles. The Morgan fingerprint density at radius 1 is 0.837 bits per heavy atom. The van der Waals surface area contributed by atoms with Crippen LogP contribution in [0.25, 0.3) is 10.9 Å². The minimum Gasteiger partial charge on any atom is -0.481 e. The lowest BCUT2D eigenvalue weighted by Crippen LogP contribution is -2.59. The summed E-state index contributed by atoms with van der Waals surface area (Å²) in [5.41, 5.74) is 8.41. The van der Waals surface area contributed by atoms with Crippen molar-refractivity contribution in [3.05, 3.63) is 71.9 Å². The molecule has 3 amide bonds. The number of benzene rings is 2. The van der Waals surface area contributed by atoms with Gasteiger partial charge in [-0.25, -0.2) is 4.79 Å². The number of carbonyl (C=O) groups excluding carboxylic acids is 3. The van der Waals surface area contributed by atoms with Crippen molar-refractivity contribution in [3.8, 4) is 0 Å². The van der Waals surface area contributed by atoms with Crippen molar-refractivity contribution in [1.82, 2.24) is 20.9 Å². The van der Waals surface area contributed by atoms with Gasteiger partial charge in [0.1, 0.15) is 18.1 Å².